The maximum Gasteiger partial charge on any atom is 0.422 e. The predicted molar refractivity (Wildman–Crippen MR) is 82.3 cm³/mol. The molecule has 1 aromatic carbocycles. The van der Waals surface area contributed by atoms with Crippen LogP contribution in [0.2, 0.25) is 0 Å². The van der Waals surface area contributed by atoms with Gasteiger partial charge in [0.25, 0.3) is 0 Å². The molecule has 0 spiro atoms. The summed E-state index contributed by atoms with van der Waals surface area (Å²) in [6, 6.07) is 6.84. The molecule has 0 radical (unpaired) electrons. The molecular formula is C16H16F3N3O3. The van der Waals surface area contributed by atoms with Crippen molar-refractivity contribution in [3.05, 3.63) is 41.1 Å². The molecule has 25 heavy (non-hydrogen) atoms. The largest absolute Gasteiger partial charge is 0.497 e. The van der Waals surface area contributed by atoms with E-state index in [-0.39, 0.29) is 11.5 Å². The Labute approximate surface area is 141 Å². The number of carbonyl (C=O) groups is 1. The van der Waals surface area contributed by atoms with Crippen molar-refractivity contribution in [3.8, 4) is 5.75 Å². The van der Waals surface area contributed by atoms with Crippen LogP contribution in [-0.4, -0.2) is 34.5 Å². The zero-order chi connectivity index (χ0) is 18.4. The van der Waals surface area contributed by atoms with E-state index in [1.54, 1.807) is 31.2 Å². The van der Waals surface area contributed by atoms with E-state index < -0.39 is 35.6 Å². The Hall–Kier alpha value is -2.55. The first-order valence-electron chi connectivity index (χ1n) is 7.49. The summed E-state index contributed by atoms with van der Waals surface area (Å²) in [7, 11) is 1.49. The molecule has 0 bridgehead atoms. The van der Waals surface area contributed by atoms with Crippen LogP contribution in [0.1, 0.15) is 36.1 Å². The third kappa shape index (κ3) is 2.74. The number of aliphatic hydroxyl groups is 1. The maximum atomic E-state index is 13.5. The lowest BCUT2D eigenvalue weighted by Crippen LogP contribution is -2.48. The van der Waals surface area contributed by atoms with E-state index in [4.69, 9.17) is 4.74 Å². The van der Waals surface area contributed by atoms with Gasteiger partial charge < -0.3 is 15.2 Å². The molecule has 134 valence electrons. The number of methoxy groups -OCH3 is 1. The molecule has 1 aliphatic rings. The average Bonchev–Trinajstić information content (AvgIpc) is 2.97. The van der Waals surface area contributed by atoms with E-state index in [0.29, 0.717) is 11.3 Å². The first kappa shape index (κ1) is 17.3. The summed E-state index contributed by atoms with van der Waals surface area (Å²) >= 11 is 0. The van der Waals surface area contributed by atoms with Crippen LogP contribution in [0.15, 0.2) is 24.3 Å². The van der Waals surface area contributed by atoms with Gasteiger partial charge in [-0.2, -0.15) is 18.3 Å². The number of rotatable bonds is 3. The van der Waals surface area contributed by atoms with E-state index in [0.717, 1.165) is 0 Å². The molecule has 6 nitrogen and oxygen atoms in total. The zero-order valence-electron chi connectivity index (χ0n) is 13.4. The molecule has 3 N–H and O–H groups in total. The van der Waals surface area contributed by atoms with Crippen LogP contribution in [0, 0.1) is 0 Å². The minimum absolute atomic E-state index is 0.0862. The third-order valence-corrected chi connectivity index (χ3v) is 4.38. The van der Waals surface area contributed by atoms with Crippen molar-refractivity contribution in [1.29, 1.82) is 0 Å². The molecule has 2 aromatic rings. The normalized spacial score (nSPS) is 21.4. The highest BCUT2D eigenvalue weighted by Crippen LogP contribution is 2.49. The van der Waals surface area contributed by atoms with E-state index in [2.05, 4.69) is 15.5 Å². The molecule has 2 unspecified atom stereocenters. The second-order valence-corrected chi connectivity index (χ2v) is 5.94. The van der Waals surface area contributed by atoms with Crippen molar-refractivity contribution in [1.82, 2.24) is 10.2 Å². The summed E-state index contributed by atoms with van der Waals surface area (Å²) in [5.41, 5.74) is -2.98. The Bertz CT molecular complexity index is 818. The van der Waals surface area contributed by atoms with Crippen molar-refractivity contribution in [2.75, 3.05) is 12.4 Å². The number of halogens is 3. The number of aromatic amines is 1. The number of carbonyl (C=O) groups excluding carboxylic acids is 1. The van der Waals surface area contributed by atoms with Crippen molar-refractivity contribution < 1.29 is 27.8 Å². The van der Waals surface area contributed by atoms with Crippen molar-refractivity contribution in [3.63, 3.8) is 0 Å². The minimum atomic E-state index is -5.02. The fraction of sp³-hybridized carbons (Fsp3) is 0.375. The zero-order valence-corrected chi connectivity index (χ0v) is 13.4. The van der Waals surface area contributed by atoms with E-state index in [1.807, 2.05) is 0 Å². The summed E-state index contributed by atoms with van der Waals surface area (Å²) in [5.74, 6) is -1.24. The standard InChI is InChI=1S/C16H16F3N3O3/c1-8(9-4-3-5-10(6-9)25-2)13-12-14(22-21-13)20-11(23)7-15(12,24)16(17,18)19/h3-6,8,24H,7H2,1-2H3,(H2,20,21,22,23). The van der Waals surface area contributed by atoms with Gasteiger partial charge in [-0.05, 0) is 17.7 Å². The number of nitrogens with one attached hydrogen (secondary N) is 2. The molecule has 0 fully saturated rings. The molecule has 9 heteroatoms. The van der Waals surface area contributed by atoms with Gasteiger partial charge in [-0.25, -0.2) is 0 Å². The first-order chi connectivity index (χ1) is 11.7. The lowest BCUT2D eigenvalue weighted by molar-refractivity contribution is -0.267. The number of anilines is 1. The van der Waals surface area contributed by atoms with Crippen molar-refractivity contribution in [2.45, 2.75) is 31.0 Å². The van der Waals surface area contributed by atoms with Gasteiger partial charge in [0, 0.05) is 5.92 Å². The van der Waals surface area contributed by atoms with Gasteiger partial charge in [0.1, 0.15) is 5.75 Å². The Morgan fingerprint density at radius 1 is 1.40 bits per heavy atom. The molecule has 0 saturated carbocycles. The Kier molecular flexibility index (Phi) is 3.98. The van der Waals surface area contributed by atoms with Crippen LogP contribution in [0.5, 0.6) is 5.75 Å². The Balaban J connectivity index is 2.13. The number of aromatic nitrogens is 2. The smallest absolute Gasteiger partial charge is 0.422 e. The predicted octanol–water partition coefficient (Wildman–Crippen LogP) is 2.66. The molecule has 1 aromatic heterocycles. The number of hydrogen-bond donors (Lipinski definition) is 3. The van der Waals surface area contributed by atoms with Gasteiger partial charge in [-0.3, -0.25) is 9.89 Å². The lowest BCUT2D eigenvalue weighted by Gasteiger charge is -2.34. The van der Waals surface area contributed by atoms with Gasteiger partial charge in [0.05, 0.1) is 24.8 Å². The highest BCUT2D eigenvalue weighted by molar-refractivity contribution is 5.94. The van der Waals surface area contributed by atoms with E-state index in [1.165, 1.54) is 7.11 Å². The van der Waals surface area contributed by atoms with Crippen LogP contribution in [-0.2, 0) is 10.4 Å². The second kappa shape index (κ2) is 5.76. The van der Waals surface area contributed by atoms with E-state index >= 15 is 0 Å². The fourth-order valence-electron chi connectivity index (χ4n) is 2.99. The third-order valence-electron chi connectivity index (χ3n) is 4.38. The molecular weight excluding hydrogens is 339 g/mol. The first-order valence-corrected chi connectivity index (χ1v) is 7.49. The summed E-state index contributed by atoms with van der Waals surface area (Å²) in [5, 5.41) is 18.9. The summed E-state index contributed by atoms with van der Waals surface area (Å²) in [6.07, 6.45) is -6.13. The summed E-state index contributed by atoms with van der Waals surface area (Å²) < 4.78 is 45.7. The number of ether oxygens (including phenoxy) is 1. The Morgan fingerprint density at radius 3 is 2.76 bits per heavy atom. The van der Waals surface area contributed by atoms with Crippen LogP contribution >= 0.6 is 0 Å². The molecule has 1 amide bonds. The summed E-state index contributed by atoms with van der Waals surface area (Å²) in [4.78, 5) is 11.6. The van der Waals surface area contributed by atoms with Crippen LogP contribution in [0.3, 0.4) is 0 Å². The number of alkyl halides is 3. The van der Waals surface area contributed by atoms with Crippen LogP contribution in [0.25, 0.3) is 0 Å². The molecule has 1 aliphatic heterocycles. The quantitative estimate of drug-likeness (QED) is 0.790. The van der Waals surface area contributed by atoms with Crippen molar-refractivity contribution >= 4 is 11.7 Å². The van der Waals surface area contributed by atoms with Gasteiger partial charge in [-0.1, -0.05) is 19.1 Å². The molecule has 2 atom stereocenters. The van der Waals surface area contributed by atoms with Gasteiger partial charge in [0.2, 0.25) is 5.91 Å². The molecule has 3 rings (SSSR count). The fourth-order valence-corrected chi connectivity index (χ4v) is 2.99. The molecule has 0 aliphatic carbocycles. The number of amides is 1. The average molecular weight is 355 g/mol. The molecule has 2 heterocycles. The molecule has 0 saturated heterocycles. The van der Waals surface area contributed by atoms with Crippen LogP contribution in [0.4, 0.5) is 19.0 Å². The van der Waals surface area contributed by atoms with Crippen LogP contribution < -0.4 is 10.1 Å². The number of H-pyrrole nitrogens is 1. The van der Waals surface area contributed by atoms with Gasteiger partial charge in [-0.15, -0.1) is 0 Å². The second-order valence-electron chi connectivity index (χ2n) is 5.94. The number of fused-ring (bicyclic) bond motifs is 1. The Morgan fingerprint density at radius 2 is 2.12 bits per heavy atom. The lowest BCUT2D eigenvalue weighted by atomic mass is 9.82. The highest BCUT2D eigenvalue weighted by Gasteiger charge is 2.60. The highest BCUT2D eigenvalue weighted by atomic mass is 19.4. The summed E-state index contributed by atoms with van der Waals surface area (Å²) in [6.45, 7) is 1.68. The van der Waals surface area contributed by atoms with Gasteiger partial charge >= 0.3 is 6.18 Å². The van der Waals surface area contributed by atoms with Crippen molar-refractivity contribution in [2.24, 2.45) is 0 Å². The van der Waals surface area contributed by atoms with E-state index in [9.17, 15) is 23.1 Å². The van der Waals surface area contributed by atoms with Gasteiger partial charge in [0.15, 0.2) is 11.4 Å². The topological polar surface area (TPSA) is 87.2 Å². The number of hydrogen-bond acceptors (Lipinski definition) is 4. The SMILES string of the molecule is COc1cccc(C(C)c2[nH]nc3c2C(O)(C(F)(F)F)CC(=O)N3)c1. The number of benzene rings is 1. The minimum Gasteiger partial charge on any atom is -0.497 e. The maximum absolute atomic E-state index is 13.5. The number of nitrogens with zero attached hydrogens (tertiary/aromatic N) is 1. The monoisotopic (exact) mass is 355 g/mol.